The first-order valence-electron chi connectivity index (χ1n) is 7.40. The molecule has 2 heterocycles. The number of aromatic nitrogens is 2. The van der Waals surface area contributed by atoms with Crippen LogP contribution in [0.2, 0.25) is 0 Å². The molecule has 3 rings (SSSR count). The Labute approximate surface area is 141 Å². The van der Waals surface area contributed by atoms with Gasteiger partial charge in [-0.2, -0.15) is 0 Å². The Kier molecular flexibility index (Phi) is 4.14. The smallest absolute Gasteiger partial charge is 0.331 e. The van der Waals surface area contributed by atoms with Crippen molar-refractivity contribution in [3.8, 4) is 11.5 Å². The van der Waals surface area contributed by atoms with E-state index in [2.05, 4.69) is 0 Å². The number of nitrogens with zero attached hydrogens (tertiary/aromatic N) is 3. The molecule has 1 aromatic heterocycles. The van der Waals surface area contributed by atoms with E-state index in [-0.39, 0.29) is 30.4 Å². The lowest BCUT2D eigenvalue weighted by molar-refractivity contribution is -0.385. The zero-order valence-electron chi connectivity index (χ0n) is 13.6. The molecule has 0 bridgehead atoms. The van der Waals surface area contributed by atoms with Gasteiger partial charge in [0.25, 0.3) is 5.56 Å². The van der Waals surface area contributed by atoms with E-state index in [4.69, 9.17) is 9.47 Å². The summed E-state index contributed by atoms with van der Waals surface area (Å²) in [5, 5.41) is 11.1. The van der Waals surface area contributed by atoms with Gasteiger partial charge in [0.15, 0.2) is 5.75 Å². The van der Waals surface area contributed by atoms with E-state index in [1.165, 1.54) is 30.8 Å². The SMILES string of the molecule is Cn1c2c(c(=O)n(C)c1=O)OCC=C2COc1ccccc1[N+](=O)[O-]. The Morgan fingerprint density at radius 2 is 1.96 bits per heavy atom. The first-order chi connectivity index (χ1) is 11.9. The lowest BCUT2D eigenvalue weighted by atomic mass is 10.1. The quantitative estimate of drug-likeness (QED) is 0.601. The molecule has 9 nitrogen and oxygen atoms in total. The van der Waals surface area contributed by atoms with Crippen LogP contribution in [0.1, 0.15) is 5.69 Å². The van der Waals surface area contributed by atoms with Gasteiger partial charge in [0.05, 0.1) is 10.6 Å². The van der Waals surface area contributed by atoms with Crippen LogP contribution in [0.3, 0.4) is 0 Å². The molecule has 9 heteroatoms. The second-order valence-corrected chi connectivity index (χ2v) is 5.44. The van der Waals surface area contributed by atoms with Crippen molar-refractivity contribution in [3.05, 3.63) is 67.0 Å². The van der Waals surface area contributed by atoms with Crippen molar-refractivity contribution >= 4 is 11.3 Å². The van der Waals surface area contributed by atoms with Crippen LogP contribution < -0.4 is 20.7 Å². The Bertz CT molecular complexity index is 1000. The molecule has 2 aromatic rings. The number of nitro groups is 1. The van der Waals surface area contributed by atoms with Crippen LogP contribution in [-0.4, -0.2) is 27.3 Å². The number of nitro benzene ring substituents is 1. The Morgan fingerprint density at radius 1 is 1.24 bits per heavy atom. The van der Waals surface area contributed by atoms with Crippen molar-refractivity contribution in [1.82, 2.24) is 9.13 Å². The minimum atomic E-state index is -0.535. The summed E-state index contributed by atoms with van der Waals surface area (Å²) in [5.74, 6) is 0.170. The van der Waals surface area contributed by atoms with Crippen molar-refractivity contribution in [2.75, 3.05) is 13.2 Å². The van der Waals surface area contributed by atoms with E-state index < -0.39 is 16.2 Å². The van der Waals surface area contributed by atoms with Gasteiger partial charge >= 0.3 is 11.4 Å². The molecular weight excluding hydrogens is 330 g/mol. The van der Waals surface area contributed by atoms with E-state index in [1.54, 1.807) is 18.2 Å². The summed E-state index contributed by atoms with van der Waals surface area (Å²) in [6, 6.07) is 6.00. The summed E-state index contributed by atoms with van der Waals surface area (Å²) >= 11 is 0. The summed E-state index contributed by atoms with van der Waals surface area (Å²) in [6.07, 6.45) is 1.68. The van der Waals surface area contributed by atoms with Gasteiger partial charge in [0, 0.05) is 25.7 Å². The van der Waals surface area contributed by atoms with Gasteiger partial charge in [-0.25, -0.2) is 4.79 Å². The van der Waals surface area contributed by atoms with Gasteiger partial charge in [-0.15, -0.1) is 0 Å². The van der Waals surface area contributed by atoms with E-state index >= 15 is 0 Å². The van der Waals surface area contributed by atoms with E-state index in [0.717, 1.165) is 4.57 Å². The Morgan fingerprint density at radius 3 is 2.68 bits per heavy atom. The van der Waals surface area contributed by atoms with Gasteiger partial charge in [-0.3, -0.25) is 24.0 Å². The number of ether oxygens (including phenoxy) is 2. The molecule has 0 atom stereocenters. The summed E-state index contributed by atoms with van der Waals surface area (Å²) < 4.78 is 13.2. The second kappa shape index (κ2) is 6.27. The van der Waals surface area contributed by atoms with Gasteiger partial charge < -0.3 is 9.47 Å². The standard InChI is InChI=1S/C16H15N3O6/c1-17-13-10(7-8-24-14(13)15(20)18(2)16(17)21)9-25-12-6-4-3-5-11(12)19(22)23/h3-7H,8-9H2,1-2H3. The van der Waals surface area contributed by atoms with Crippen molar-refractivity contribution in [2.24, 2.45) is 14.1 Å². The van der Waals surface area contributed by atoms with E-state index in [1.807, 2.05) is 0 Å². The third kappa shape index (κ3) is 2.80. The molecule has 130 valence electrons. The number of benzene rings is 1. The predicted octanol–water partition coefficient (Wildman–Crippen LogP) is 0.847. The van der Waals surface area contributed by atoms with Gasteiger partial charge in [-0.1, -0.05) is 12.1 Å². The summed E-state index contributed by atoms with van der Waals surface area (Å²) in [7, 11) is 2.89. The summed E-state index contributed by atoms with van der Waals surface area (Å²) in [5.41, 5.74) is -0.317. The van der Waals surface area contributed by atoms with Crippen molar-refractivity contribution in [1.29, 1.82) is 0 Å². The highest BCUT2D eigenvalue weighted by Gasteiger charge is 2.24. The van der Waals surface area contributed by atoms with Gasteiger partial charge in [0.2, 0.25) is 5.75 Å². The molecular formula is C16H15N3O6. The number of fused-ring (bicyclic) bond motifs is 1. The van der Waals surface area contributed by atoms with Crippen molar-refractivity contribution in [2.45, 2.75) is 0 Å². The molecule has 1 aliphatic rings. The van der Waals surface area contributed by atoms with Crippen LogP contribution in [0, 0.1) is 10.1 Å². The predicted molar refractivity (Wildman–Crippen MR) is 89.0 cm³/mol. The molecule has 0 unspecified atom stereocenters. The molecule has 1 aromatic carbocycles. The molecule has 0 fully saturated rings. The molecule has 0 spiro atoms. The van der Waals surface area contributed by atoms with Crippen LogP contribution >= 0.6 is 0 Å². The molecule has 25 heavy (non-hydrogen) atoms. The molecule has 0 aliphatic carbocycles. The summed E-state index contributed by atoms with van der Waals surface area (Å²) in [6.45, 7) is 0.109. The average Bonchev–Trinajstić information content (AvgIpc) is 2.62. The number of rotatable bonds is 4. The fraction of sp³-hybridized carbons (Fsp3) is 0.250. The largest absolute Gasteiger partial charge is 0.482 e. The third-order valence-corrected chi connectivity index (χ3v) is 3.93. The topological polar surface area (TPSA) is 106 Å². The lowest BCUT2D eigenvalue weighted by Crippen LogP contribution is -2.40. The third-order valence-electron chi connectivity index (χ3n) is 3.93. The van der Waals surface area contributed by atoms with Gasteiger partial charge in [-0.05, 0) is 12.1 Å². The molecule has 0 N–H and O–H groups in total. The monoisotopic (exact) mass is 345 g/mol. The normalized spacial score (nSPS) is 12.8. The number of para-hydroxylation sites is 2. The highest BCUT2D eigenvalue weighted by Crippen LogP contribution is 2.29. The van der Waals surface area contributed by atoms with E-state index in [0.29, 0.717) is 11.3 Å². The zero-order chi connectivity index (χ0) is 18.1. The first-order valence-corrected chi connectivity index (χ1v) is 7.40. The maximum atomic E-state index is 12.2. The van der Waals surface area contributed by atoms with E-state index in [9.17, 15) is 19.7 Å². The van der Waals surface area contributed by atoms with Crippen molar-refractivity contribution < 1.29 is 14.4 Å². The van der Waals surface area contributed by atoms with Crippen molar-refractivity contribution in [3.63, 3.8) is 0 Å². The molecule has 0 radical (unpaired) electrons. The second-order valence-electron chi connectivity index (χ2n) is 5.44. The Hall–Kier alpha value is -3.36. The van der Waals surface area contributed by atoms with Crippen LogP contribution in [0.4, 0.5) is 5.69 Å². The highest BCUT2D eigenvalue weighted by molar-refractivity contribution is 5.70. The maximum Gasteiger partial charge on any atom is 0.331 e. The Balaban J connectivity index is 1.98. The molecule has 0 saturated carbocycles. The molecule has 1 aliphatic heterocycles. The lowest BCUT2D eigenvalue weighted by Gasteiger charge is -2.21. The first kappa shape index (κ1) is 16.5. The number of hydrogen-bond acceptors (Lipinski definition) is 6. The maximum absolute atomic E-state index is 12.2. The minimum absolute atomic E-state index is 0.0400. The van der Waals surface area contributed by atoms with Gasteiger partial charge in [0.1, 0.15) is 13.2 Å². The molecule has 0 saturated heterocycles. The van der Waals surface area contributed by atoms with Crippen LogP contribution in [0.25, 0.3) is 5.57 Å². The average molecular weight is 345 g/mol. The highest BCUT2D eigenvalue weighted by atomic mass is 16.6. The minimum Gasteiger partial charge on any atom is -0.482 e. The summed E-state index contributed by atoms with van der Waals surface area (Å²) in [4.78, 5) is 34.9. The van der Waals surface area contributed by atoms with Crippen LogP contribution in [0.5, 0.6) is 11.5 Å². The molecule has 0 amide bonds. The van der Waals surface area contributed by atoms with Crippen LogP contribution in [0.15, 0.2) is 39.9 Å². The van der Waals surface area contributed by atoms with Crippen LogP contribution in [-0.2, 0) is 14.1 Å². The zero-order valence-corrected chi connectivity index (χ0v) is 13.6. The fourth-order valence-electron chi connectivity index (χ4n) is 2.64. The number of hydrogen-bond donors (Lipinski definition) is 0. The fourth-order valence-corrected chi connectivity index (χ4v) is 2.64.